The first kappa shape index (κ1) is 15.8. The molecular formula is C21H17NO2. The second kappa shape index (κ2) is 7.45. The molecule has 118 valence electrons. The van der Waals surface area contributed by atoms with Gasteiger partial charge in [-0.2, -0.15) is 5.26 Å². The van der Waals surface area contributed by atoms with Crippen LogP contribution in [0.4, 0.5) is 0 Å². The molecule has 3 heteroatoms. The summed E-state index contributed by atoms with van der Waals surface area (Å²) in [7, 11) is 0. The molecule has 24 heavy (non-hydrogen) atoms. The van der Waals surface area contributed by atoms with E-state index < -0.39 is 12.2 Å². The molecule has 0 saturated carbocycles. The standard InChI is InChI=1S/C21H17NO2/c22-15-16-11-13-19(14-12-16)24-21(18-9-5-2-6-10-18)20(23)17-7-3-1-4-8-17/h1-14,20-21,23H/t20-,21-/m1/s1. The molecule has 0 aliphatic carbocycles. The molecule has 0 amide bonds. The van der Waals surface area contributed by atoms with Gasteiger partial charge in [-0.05, 0) is 35.4 Å². The van der Waals surface area contributed by atoms with Crippen molar-refractivity contribution in [2.45, 2.75) is 12.2 Å². The number of ether oxygens (including phenoxy) is 1. The largest absolute Gasteiger partial charge is 0.483 e. The molecule has 0 radical (unpaired) electrons. The number of aliphatic hydroxyl groups excluding tert-OH is 1. The second-order valence-corrected chi connectivity index (χ2v) is 5.44. The second-order valence-electron chi connectivity index (χ2n) is 5.44. The van der Waals surface area contributed by atoms with E-state index in [0.29, 0.717) is 11.3 Å². The van der Waals surface area contributed by atoms with Crippen molar-refractivity contribution in [2.24, 2.45) is 0 Å². The van der Waals surface area contributed by atoms with Crippen molar-refractivity contribution in [2.75, 3.05) is 0 Å². The number of aliphatic hydroxyl groups is 1. The third kappa shape index (κ3) is 3.62. The average Bonchev–Trinajstić information content (AvgIpc) is 2.67. The lowest BCUT2D eigenvalue weighted by molar-refractivity contribution is 0.0343. The SMILES string of the molecule is N#Cc1ccc(O[C@H](c2ccccc2)[C@H](O)c2ccccc2)cc1. The quantitative estimate of drug-likeness (QED) is 0.758. The summed E-state index contributed by atoms with van der Waals surface area (Å²) in [5.41, 5.74) is 2.25. The van der Waals surface area contributed by atoms with Crippen molar-refractivity contribution < 1.29 is 9.84 Å². The van der Waals surface area contributed by atoms with E-state index in [1.54, 1.807) is 24.3 Å². The van der Waals surface area contributed by atoms with Crippen LogP contribution in [0.1, 0.15) is 28.9 Å². The summed E-state index contributed by atoms with van der Waals surface area (Å²) in [6.07, 6.45) is -1.34. The lowest BCUT2D eigenvalue weighted by atomic mass is 9.98. The van der Waals surface area contributed by atoms with Crippen LogP contribution in [0, 0.1) is 11.3 Å². The Morgan fingerprint density at radius 3 is 1.83 bits per heavy atom. The Balaban J connectivity index is 1.91. The molecule has 0 spiro atoms. The summed E-state index contributed by atoms with van der Waals surface area (Å²) in [5, 5.41) is 19.7. The predicted molar refractivity (Wildman–Crippen MR) is 92.4 cm³/mol. The van der Waals surface area contributed by atoms with E-state index in [2.05, 4.69) is 6.07 Å². The minimum absolute atomic E-state index is 0.540. The van der Waals surface area contributed by atoms with Crippen LogP contribution >= 0.6 is 0 Å². The van der Waals surface area contributed by atoms with Gasteiger partial charge in [0.15, 0.2) is 6.10 Å². The molecule has 3 rings (SSSR count). The van der Waals surface area contributed by atoms with Crippen LogP contribution in [0.25, 0.3) is 0 Å². The molecular weight excluding hydrogens is 298 g/mol. The van der Waals surface area contributed by atoms with Crippen LogP contribution in [0.3, 0.4) is 0 Å². The lowest BCUT2D eigenvalue weighted by Crippen LogP contribution is -2.17. The van der Waals surface area contributed by atoms with Gasteiger partial charge < -0.3 is 9.84 Å². The van der Waals surface area contributed by atoms with Gasteiger partial charge in [-0.1, -0.05) is 60.7 Å². The highest BCUT2D eigenvalue weighted by Gasteiger charge is 2.24. The van der Waals surface area contributed by atoms with Gasteiger partial charge in [-0.15, -0.1) is 0 Å². The zero-order chi connectivity index (χ0) is 16.8. The van der Waals surface area contributed by atoms with E-state index in [9.17, 15) is 5.11 Å². The van der Waals surface area contributed by atoms with Gasteiger partial charge in [0.25, 0.3) is 0 Å². The van der Waals surface area contributed by atoms with Crippen molar-refractivity contribution in [1.29, 1.82) is 5.26 Å². The van der Waals surface area contributed by atoms with Crippen LogP contribution in [0.5, 0.6) is 5.75 Å². The summed E-state index contributed by atoms with van der Waals surface area (Å²) in [6.45, 7) is 0. The number of hydrogen-bond donors (Lipinski definition) is 1. The van der Waals surface area contributed by atoms with Crippen molar-refractivity contribution in [3.8, 4) is 11.8 Å². The van der Waals surface area contributed by atoms with E-state index >= 15 is 0 Å². The third-order valence-corrected chi connectivity index (χ3v) is 3.80. The Morgan fingerprint density at radius 2 is 1.29 bits per heavy atom. The molecule has 0 saturated heterocycles. The van der Waals surface area contributed by atoms with Crippen molar-refractivity contribution in [1.82, 2.24) is 0 Å². The maximum absolute atomic E-state index is 10.8. The molecule has 0 aliphatic heterocycles. The predicted octanol–water partition coefficient (Wildman–Crippen LogP) is 4.41. The van der Waals surface area contributed by atoms with Crippen LogP contribution in [0.2, 0.25) is 0 Å². The maximum atomic E-state index is 10.8. The molecule has 0 unspecified atom stereocenters. The van der Waals surface area contributed by atoms with Crippen LogP contribution in [0.15, 0.2) is 84.9 Å². The van der Waals surface area contributed by atoms with Crippen molar-refractivity contribution >= 4 is 0 Å². The number of benzene rings is 3. The smallest absolute Gasteiger partial charge is 0.154 e. The molecule has 0 fully saturated rings. The minimum atomic E-state index is -0.802. The molecule has 0 heterocycles. The van der Waals surface area contributed by atoms with Gasteiger partial charge >= 0.3 is 0 Å². The Morgan fingerprint density at radius 1 is 0.750 bits per heavy atom. The van der Waals surface area contributed by atoms with Gasteiger partial charge in [-0.3, -0.25) is 0 Å². The first-order chi connectivity index (χ1) is 11.8. The van der Waals surface area contributed by atoms with Crippen molar-refractivity contribution in [3.05, 3.63) is 102 Å². The van der Waals surface area contributed by atoms with E-state index in [1.165, 1.54) is 0 Å². The topological polar surface area (TPSA) is 53.2 Å². The van der Waals surface area contributed by atoms with Gasteiger partial charge in [-0.25, -0.2) is 0 Å². The van der Waals surface area contributed by atoms with E-state index in [-0.39, 0.29) is 0 Å². The number of nitrogens with zero attached hydrogens (tertiary/aromatic N) is 1. The first-order valence-corrected chi connectivity index (χ1v) is 7.73. The fraction of sp³-hybridized carbons (Fsp3) is 0.0952. The molecule has 0 bridgehead atoms. The highest BCUT2D eigenvalue weighted by atomic mass is 16.5. The zero-order valence-electron chi connectivity index (χ0n) is 13.0. The molecule has 2 atom stereocenters. The Hall–Kier alpha value is -3.09. The minimum Gasteiger partial charge on any atom is -0.483 e. The highest BCUT2D eigenvalue weighted by Crippen LogP contribution is 2.33. The molecule has 0 aliphatic rings. The summed E-state index contributed by atoms with van der Waals surface area (Å²) in [4.78, 5) is 0. The maximum Gasteiger partial charge on any atom is 0.154 e. The average molecular weight is 315 g/mol. The fourth-order valence-corrected chi connectivity index (χ4v) is 2.54. The summed E-state index contributed by atoms with van der Waals surface area (Å²) >= 11 is 0. The van der Waals surface area contributed by atoms with Gasteiger partial charge in [0.1, 0.15) is 11.9 Å². The molecule has 0 aromatic heterocycles. The Kier molecular flexibility index (Phi) is 4.90. The van der Waals surface area contributed by atoms with Crippen LogP contribution in [-0.4, -0.2) is 5.11 Å². The van der Waals surface area contributed by atoms with Gasteiger partial charge in [0, 0.05) is 0 Å². The molecule has 3 aromatic carbocycles. The molecule has 3 nitrogen and oxygen atoms in total. The van der Waals surface area contributed by atoms with Crippen LogP contribution in [-0.2, 0) is 0 Å². The first-order valence-electron chi connectivity index (χ1n) is 7.73. The lowest BCUT2D eigenvalue weighted by Gasteiger charge is -2.25. The molecule has 3 aromatic rings. The monoisotopic (exact) mass is 315 g/mol. The Bertz CT molecular complexity index is 808. The third-order valence-electron chi connectivity index (χ3n) is 3.80. The van der Waals surface area contributed by atoms with Gasteiger partial charge in [0.2, 0.25) is 0 Å². The summed E-state index contributed by atoms with van der Waals surface area (Å²) in [5.74, 6) is 0.609. The number of hydrogen-bond acceptors (Lipinski definition) is 3. The van der Waals surface area contributed by atoms with Crippen LogP contribution < -0.4 is 4.74 Å². The summed E-state index contributed by atoms with van der Waals surface area (Å²) < 4.78 is 6.06. The highest BCUT2D eigenvalue weighted by molar-refractivity contribution is 5.35. The zero-order valence-corrected chi connectivity index (χ0v) is 13.0. The normalized spacial score (nSPS) is 12.8. The Labute approximate surface area is 141 Å². The number of nitriles is 1. The van der Waals surface area contributed by atoms with Crippen molar-refractivity contribution in [3.63, 3.8) is 0 Å². The van der Waals surface area contributed by atoms with E-state index in [0.717, 1.165) is 11.1 Å². The summed E-state index contributed by atoms with van der Waals surface area (Å²) in [6, 6.07) is 28.0. The fourth-order valence-electron chi connectivity index (χ4n) is 2.54. The van der Waals surface area contributed by atoms with E-state index in [4.69, 9.17) is 10.00 Å². The number of rotatable bonds is 5. The molecule has 1 N–H and O–H groups in total. The van der Waals surface area contributed by atoms with Gasteiger partial charge in [0.05, 0.1) is 11.6 Å². The van der Waals surface area contributed by atoms with E-state index in [1.807, 2.05) is 60.7 Å².